The van der Waals surface area contributed by atoms with E-state index < -0.39 is 10.0 Å². The summed E-state index contributed by atoms with van der Waals surface area (Å²) in [5, 5.41) is 3.23. The van der Waals surface area contributed by atoms with Gasteiger partial charge in [0.1, 0.15) is 4.90 Å². The Labute approximate surface area is 192 Å². The van der Waals surface area contributed by atoms with E-state index in [1.807, 2.05) is 0 Å². The first-order valence-electron chi connectivity index (χ1n) is 10.4. The third kappa shape index (κ3) is 5.63. The van der Waals surface area contributed by atoms with Gasteiger partial charge in [0.15, 0.2) is 0 Å². The average Bonchev–Trinajstić information content (AvgIpc) is 2.74. The molecule has 2 aliphatic heterocycles. The highest BCUT2D eigenvalue weighted by molar-refractivity contribution is 7.89. The number of hydrogen-bond donors (Lipinski definition) is 1. The van der Waals surface area contributed by atoms with Crippen molar-refractivity contribution in [3.63, 3.8) is 0 Å². The summed E-state index contributed by atoms with van der Waals surface area (Å²) in [5.41, 5.74) is 0. The van der Waals surface area contributed by atoms with Gasteiger partial charge in [0, 0.05) is 38.1 Å². The van der Waals surface area contributed by atoms with E-state index in [-0.39, 0.29) is 52.0 Å². The zero-order valence-electron chi connectivity index (χ0n) is 17.4. The molecule has 0 saturated carbocycles. The predicted octanol–water partition coefficient (Wildman–Crippen LogP) is 3.13. The molecule has 31 heavy (non-hydrogen) atoms. The number of benzene rings is 1. The molecule has 3 rings (SSSR count). The van der Waals surface area contributed by atoms with Crippen LogP contribution < -0.4 is 5.32 Å². The van der Waals surface area contributed by atoms with Gasteiger partial charge in [-0.2, -0.15) is 4.31 Å². The number of piperidine rings is 2. The highest BCUT2D eigenvalue weighted by Gasteiger charge is 2.35. The quantitative estimate of drug-likeness (QED) is 0.682. The summed E-state index contributed by atoms with van der Waals surface area (Å²) in [6, 6.07) is 4.58. The Morgan fingerprint density at radius 3 is 2.19 bits per heavy atom. The molecule has 2 amide bonds. The molecule has 0 aliphatic carbocycles. The second-order valence-electron chi connectivity index (χ2n) is 7.70. The molecule has 0 aromatic heterocycles. The summed E-state index contributed by atoms with van der Waals surface area (Å²) >= 11 is 12.2. The number of nitrogens with one attached hydrogen (secondary N) is 1. The Balaban J connectivity index is 1.51. The van der Waals surface area contributed by atoms with Gasteiger partial charge in [-0.25, -0.2) is 13.2 Å². The molecule has 1 N–H and O–H groups in total. The lowest BCUT2D eigenvalue weighted by atomic mass is 9.96. The van der Waals surface area contributed by atoms with Crippen molar-refractivity contribution in [3.8, 4) is 0 Å². The van der Waals surface area contributed by atoms with Crippen LogP contribution in [0.15, 0.2) is 23.1 Å². The molecule has 2 saturated heterocycles. The van der Waals surface area contributed by atoms with Crippen LogP contribution in [0.5, 0.6) is 0 Å². The van der Waals surface area contributed by atoms with Gasteiger partial charge in [-0.3, -0.25) is 4.79 Å². The molecule has 8 nitrogen and oxygen atoms in total. The number of amides is 2. The van der Waals surface area contributed by atoms with Crippen LogP contribution in [0.1, 0.15) is 32.6 Å². The molecule has 0 radical (unpaired) electrons. The first-order valence-corrected chi connectivity index (χ1v) is 12.6. The molecule has 1 aromatic rings. The van der Waals surface area contributed by atoms with Crippen molar-refractivity contribution in [2.45, 2.75) is 43.5 Å². The van der Waals surface area contributed by atoms with Gasteiger partial charge in [0.25, 0.3) is 0 Å². The monoisotopic (exact) mass is 491 g/mol. The maximum atomic E-state index is 13.0. The lowest BCUT2D eigenvalue weighted by Gasteiger charge is -2.34. The van der Waals surface area contributed by atoms with Gasteiger partial charge < -0.3 is 15.0 Å². The van der Waals surface area contributed by atoms with E-state index in [0.717, 1.165) is 0 Å². The number of rotatable bonds is 5. The third-order valence-electron chi connectivity index (χ3n) is 5.71. The van der Waals surface area contributed by atoms with Crippen molar-refractivity contribution in [2.75, 3.05) is 32.8 Å². The van der Waals surface area contributed by atoms with Crippen molar-refractivity contribution >= 4 is 45.2 Å². The van der Waals surface area contributed by atoms with Gasteiger partial charge in [-0.1, -0.05) is 29.3 Å². The molecule has 2 aliphatic rings. The Bertz CT molecular complexity index is 891. The van der Waals surface area contributed by atoms with E-state index in [4.69, 9.17) is 27.9 Å². The molecule has 11 heteroatoms. The summed E-state index contributed by atoms with van der Waals surface area (Å²) in [7, 11) is -3.83. The fourth-order valence-electron chi connectivity index (χ4n) is 3.96. The smallest absolute Gasteiger partial charge is 0.409 e. The van der Waals surface area contributed by atoms with Crippen LogP contribution in [-0.4, -0.2) is 68.5 Å². The first kappa shape index (κ1) is 24.1. The highest BCUT2D eigenvalue weighted by atomic mass is 35.5. The van der Waals surface area contributed by atoms with Gasteiger partial charge in [-0.15, -0.1) is 0 Å². The van der Waals surface area contributed by atoms with Gasteiger partial charge in [0.05, 0.1) is 16.7 Å². The van der Waals surface area contributed by atoms with Gasteiger partial charge >= 0.3 is 6.09 Å². The topological polar surface area (TPSA) is 96.0 Å². The molecule has 1 aromatic carbocycles. The molecule has 0 atom stereocenters. The standard InChI is InChI=1S/C20H27Cl2N3O5S/c1-2-30-20(27)24-10-8-15(9-11-24)23-19(26)14-6-12-25(13-7-14)31(28,29)18-16(21)4-3-5-17(18)22/h3-5,14-15H,2,6-13H2,1H3,(H,23,26). The van der Waals surface area contributed by atoms with Crippen LogP contribution in [0.2, 0.25) is 10.0 Å². The molecular formula is C20H27Cl2N3O5S. The second kappa shape index (κ2) is 10.4. The number of sulfonamides is 1. The van der Waals surface area contributed by atoms with Crippen molar-refractivity contribution in [2.24, 2.45) is 5.92 Å². The summed E-state index contributed by atoms with van der Waals surface area (Å²) < 4.78 is 32.3. The molecule has 172 valence electrons. The number of likely N-dealkylation sites (tertiary alicyclic amines) is 1. The predicted molar refractivity (Wildman–Crippen MR) is 118 cm³/mol. The Morgan fingerprint density at radius 2 is 1.65 bits per heavy atom. The van der Waals surface area contributed by atoms with Crippen LogP contribution in [0.4, 0.5) is 4.79 Å². The minimum atomic E-state index is -3.83. The van der Waals surface area contributed by atoms with Crippen molar-refractivity contribution in [1.29, 1.82) is 0 Å². The fraction of sp³-hybridized carbons (Fsp3) is 0.600. The van der Waals surface area contributed by atoms with E-state index in [9.17, 15) is 18.0 Å². The van der Waals surface area contributed by atoms with Crippen LogP contribution in [0, 0.1) is 5.92 Å². The maximum absolute atomic E-state index is 13.0. The summed E-state index contributed by atoms with van der Waals surface area (Å²) in [6.07, 6.45) is 1.87. The molecule has 0 bridgehead atoms. The Kier molecular flexibility index (Phi) is 8.07. The summed E-state index contributed by atoms with van der Waals surface area (Å²) in [4.78, 5) is 26.0. The minimum absolute atomic E-state index is 0.00173. The summed E-state index contributed by atoms with van der Waals surface area (Å²) in [5.74, 6) is -0.321. The molecule has 2 heterocycles. The number of hydrogen-bond acceptors (Lipinski definition) is 5. The zero-order chi connectivity index (χ0) is 22.6. The second-order valence-corrected chi connectivity index (χ2v) is 10.4. The highest BCUT2D eigenvalue weighted by Crippen LogP contribution is 2.33. The third-order valence-corrected chi connectivity index (χ3v) is 8.56. The Morgan fingerprint density at radius 1 is 1.06 bits per heavy atom. The molecule has 2 fully saturated rings. The van der Waals surface area contributed by atoms with Crippen LogP contribution in [-0.2, 0) is 19.6 Å². The maximum Gasteiger partial charge on any atom is 0.409 e. The fourth-order valence-corrected chi connectivity index (χ4v) is 6.52. The zero-order valence-corrected chi connectivity index (χ0v) is 19.7. The summed E-state index contributed by atoms with van der Waals surface area (Å²) in [6.45, 7) is 3.64. The molecular weight excluding hydrogens is 465 g/mol. The minimum Gasteiger partial charge on any atom is -0.450 e. The first-order chi connectivity index (χ1) is 14.7. The number of carbonyl (C=O) groups excluding carboxylic acids is 2. The number of nitrogens with zero attached hydrogens (tertiary/aromatic N) is 2. The number of halogens is 2. The Hall–Kier alpha value is -1.55. The normalized spacial score (nSPS) is 19.3. The van der Waals surface area contributed by atoms with Crippen molar-refractivity contribution < 1.29 is 22.7 Å². The molecule has 0 spiro atoms. The number of carbonyl (C=O) groups is 2. The largest absolute Gasteiger partial charge is 0.450 e. The van der Waals surface area contributed by atoms with E-state index in [1.165, 1.54) is 16.4 Å². The average molecular weight is 492 g/mol. The van der Waals surface area contributed by atoms with Crippen molar-refractivity contribution in [1.82, 2.24) is 14.5 Å². The van der Waals surface area contributed by atoms with Gasteiger partial charge in [-0.05, 0) is 44.7 Å². The van der Waals surface area contributed by atoms with E-state index in [1.54, 1.807) is 17.9 Å². The van der Waals surface area contributed by atoms with Crippen LogP contribution in [0.25, 0.3) is 0 Å². The number of ether oxygens (including phenoxy) is 1. The lowest BCUT2D eigenvalue weighted by Crippen LogP contribution is -2.49. The lowest BCUT2D eigenvalue weighted by molar-refractivity contribution is -0.127. The van der Waals surface area contributed by atoms with Crippen LogP contribution >= 0.6 is 23.2 Å². The van der Waals surface area contributed by atoms with E-state index in [2.05, 4.69) is 5.32 Å². The van der Waals surface area contributed by atoms with Crippen molar-refractivity contribution in [3.05, 3.63) is 28.2 Å². The molecule has 0 unspecified atom stereocenters. The van der Waals surface area contributed by atoms with Gasteiger partial charge in [0.2, 0.25) is 15.9 Å². The van der Waals surface area contributed by atoms with Crippen LogP contribution in [0.3, 0.4) is 0 Å². The van der Waals surface area contributed by atoms with E-state index >= 15 is 0 Å². The van der Waals surface area contributed by atoms with E-state index in [0.29, 0.717) is 45.4 Å². The SMILES string of the molecule is CCOC(=O)N1CCC(NC(=O)C2CCN(S(=O)(=O)c3c(Cl)cccc3Cl)CC2)CC1.